The van der Waals surface area contributed by atoms with E-state index in [1.54, 1.807) is 13.0 Å². The number of halogens is 1. The molecule has 0 aromatic heterocycles. The van der Waals surface area contributed by atoms with E-state index in [1.807, 2.05) is 0 Å². The third kappa shape index (κ3) is 5.16. The molecule has 6 heteroatoms. The molecule has 0 aliphatic carbocycles. The number of hydrogen-bond acceptors (Lipinski definition) is 3. The third-order valence-corrected chi connectivity index (χ3v) is 5.38. The van der Waals surface area contributed by atoms with Crippen molar-refractivity contribution in [2.45, 2.75) is 63.8 Å². The minimum atomic E-state index is -3.60. The summed E-state index contributed by atoms with van der Waals surface area (Å²) in [5, 5.41) is 0.332. The molecular weight excluding hydrogens is 308 g/mol. The van der Waals surface area contributed by atoms with Crippen LogP contribution >= 0.6 is 11.6 Å². The molecule has 0 amide bonds. The molecule has 0 bridgehead atoms. The van der Waals surface area contributed by atoms with E-state index in [0.29, 0.717) is 16.3 Å². The van der Waals surface area contributed by atoms with E-state index in [9.17, 15) is 8.42 Å². The lowest BCUT2D eigenvalue weighted by molar-refractivity contribution is 0.483. The molecule has 0 aliphatic heterocycles. The Hall–Kier alpha value is -0.780. The second kappa shape index (κ2) is 8.01. The van der Waals surface area contributed by atoms with Gasteiger partial charge in [-0.3, -0.25) is 0 Å². The van der Waals surface area contributed by atoms with E-state index in [-0.39, 0.29) is 10.9 Å². The highest BCUT2D eigenvalue weighted by atomic mass is 35.5. The van der Waals surface area contributed by atoms with Crippen LogP contribution in [0.5, 0.6) is 0 Å². The fraction of sp³-hybridized carbons (Fsp3) is 0.600. The molecule has 0 aliphatic rings. The van der Waals surface area contributed by atoms with Gasteiger partial charge in [0.2, 0.25) is 10.0 Å². The van der Waals surface area contributed by atoms with Crippen molar-refractivity contribution < 1.29 is 8.42 Å². The van der Waals surface area contributed by atoms with Gasteiger partial charge in [-0.05, 0) is 37.5 Å². The summed E-state index contributed by atoms with van der Waals surface area (Å²) >= 11 is 5.94. The van der Waals surface area contributed by atoms with Gasteiger partial charge in [0.05, 0.1) is 4.90 Å². The monoisotopic (exact) mass is 332 g/mol. The Kier molecular flexibility index (Phi) is 6.97. The molecule has 4 nitrogen and oxygen atoms in total. The van der Waals surface area contributed by atoms with Crippen LogP contribution in [0.4, 0.5) is 5.69 Å². The fourth-order valence-electron chi connectivity index (χ4n) is 2.30. The van der Waals surface area contributed by atoms with Gasteiger partial charge in [-0.2, -0.15) is 0 Å². The first-order valence-corrected chi connectivity index (χ1v) is 9.25. The minimum absolute atomic E-state index is 0.0421. The summed E-state index contributed by atoms with van der Waals surface area (Å²) in [5.41, 5.74) is 6.74. The van der Waals surface area contributed by atoms with Crippen molar-refractivity contribution in [2.75, 3.05) is 5.73 Å². The number of nitrogen functional groups attached to an aromatic ring is 1. The lowest BCUT2D eigenvalue weighted by Gasteiger charge is -2.19. The first-order valence-electron chi connectivity index (χ1n) is 7.39. The summed E-state index contributed by atoms with van der Waals surface area (Å²) < 4.78 is 28.0. The Morgan fingerprint density at radius 1 is 1.24 bits per heavy atom. The van der Waals surface area contributed by atoms with Gasteiger partial charge in [-0.1, -0.05) is 44.7 Å². The molecule has 0 spiro atoms. The van der Waals surface area contributed by atoms with E-state index in [4.69, 9.17) is 17.3 Å². The molecular formula is C15H25ClN2O2S. The topological polar surface area (TPSA) is 72.2 Å². The van der Waals surface area contributed by atoms with Crippen molar-refractivity contribution in [1.29, 1.82) is 0 Å². The molecule has 1 aromatic carbocycles. The van der Waals surface area contributed by atoms with Crippen LogP contribution in [0.25, 0.3) is 0 Å². The van der Waals surface area contributed by atoms with Gasteiger partial charge in [0.25, 0.3) is 0 Å². The second-order valence-electron chi connectivity index (χ2n) is 5.37. The van der Waals surface area contributed by atoms with Crippen molar-refractivity contribution in [3.05, 3.63) is 22.7 Å². The molecule has 0 fully saturated rings. The molecule has 0 heterocycles. The number of hydrogen-bond donors (Lipinski definition) is 2. The van der Waals surface area contributed by atoms with Gasteiger partial charge in [-0.15, -0.1) is 0 Å². The van der Waals surface area contributed by atoms with Crippen molar-refractivity contribution in [3.63, 3.8) is 0 Å². The highest BCUT2D eigenvalue weighted by Crippen LogP contribution is 2.26. The van der Waals surface area contributed by atoms with E-state index in [0.717, 1.165) is 32.1 Å². The average molecular weight is 333 g/mol. The Balaban J connectivity index is 3.04. The van der Waals surface area contributed by atoms with Gasteiger partial charge < -0.3 is 5.73 Å². The predicted molar refractivity (Wildman–Crippen MR) is 89.1 cm³/mol. The smallest absolute Gasteiger partial charge is 0.241 e. The summed E-state index contributed by atoms with van der Waals surface area (Å²) in [6.45, 7) is 5.84. The minimum Gasteiger partial charge on any atom is -0.398 e. The maximum absolute atomic E-state index is 12.6. The van der Waals surface area contributed by atoms with Gasteiger partial charge in [-0.25, -0.2) is 13.1 Å². The first-order chi connectivity index (χ1) is 9.81. The van der Waals surface area contributed by atoms with E-state index < -0.39 is 10.0 Å². The number of unbranched alkanes of at least 4 members (excludes halogenated alkanes) is 1. The normalized spacial score (nSPS) is 13.3. The zero-order chi connectivity index (χ0) is 16.0. The molecule has 1 unspecified atom stereocenters. The summed E-state index contributed by atoms with van der Waals surface area (Å²) in [6, 6.07) is 2.98. The summed E-state index contributed by atoms with van der Waals surface area (Å²) in [5.74, 6) is 0. The standard InChI is InChI=1S/C15H25ClN2O2S/c1-4-6-8-13(7-5-2)18-21(19,20)15-10-12(16)9-14(17)11(15)3/h9-10,13,18H,4-8,17H2,1-3H3. The van der Waals surface area contributed by atoms with E-state index >= 15 is 0 Å². The van der Waals surface area contributed by atoms with Crippen molar-refractivity contribution in [1.82, 2.24) is 4.72 Å². The molecule has 1 aromatic rings. The zero-order valence-electron chi connectivity index (χ0n) is 12.9. The van der Waals surface area contributed by atoms with Crippen LogP contribution in [-0.2, 0) is 10.0 Å². The van der Waals surface area contributed by atoms with Crippen LogP contribution in [0.1, 0.15) is 51.5 Å². The van der Waals surface area contributed by atoms with Gasteiger partial charge in [0, 0.05) is 16.8 Å². The molecule has 0 saturated carbocycles. The van der Waals surface area contributed by atoms with Crippen LogP contribution in [0.3, 0.4) is 0 Å². The molecule has 0 radical (unpaired) electrons. The van der Waals surface area contributed by atoms with E-state index in [1.165, 1.54) is 6.07 Å². The van der Waals surface area contributed by atoms with Crippen molar-refractivity contribution in [3.8, 4) is 0 Å². The summed E-state index contributed by atoms with van der Waals surface area (Å²) in [7, 11) is -3.60. The number of nitrogens with two attached hydrogens (primary N) is 1. The molecule has 1 rings (SSSR count). The van der Waals surface area contributed by atoms with Crippen LogP contribution in [0, 0.1) is 6.92 Å². The van der Waals surface area contributed by atoms with Gasteiger partial charge >= 0.3 is 0 Å². The summed E-state index contributed by atoms with van der Waals surface area (Å²) in [6.07, 6.45) is 4.66. The molecule has 0 saturated heterocycles. The zero-order valence-corrected chi connectivity index (χ0v) is 14.5. The number of rotatable bonds is 8. The SMILES string of the molecule is CCCCC(CCC)NS(=O)(=O)c1cc(Cl)cc(N)c1C. The molecule has 21 heavy (non-hydrogen) atoms. The third-order valence-electron chi connectivity index (χ3n) is 3.52. The molecule has 3 N–H and O–H groups in total. The van der Waals surface area contributed by atoms with Gasteiger partial charge in [0.1, 0.15) is 0 Å². The Morgan fingerprint density at radius 3 is 2.48 bits per heavy atom. The maximum Gasteiger partial charge on any atom is 0.241 e. The van der Waals surface area contributed by atoms with Crippen LogP contribution in [0.15, 0.2) is 17.0 Å². The maximum atomic E-state index is 12.6. The number of sulfonamides is 1. The Labute approximate surface area is 133 Å². The summed E-state index contributed by atoms with van der Waals surface area (Å²) in [4.78, 5) is 0.171. The molecule has 120 valence electrons. The highest BCUT2D eigenvalue weighted by molar-refractivity contribution is 7.89. The second-order valence-corrected chi connectivity index (χ2v) is 7.49. The van der Waals surface area contributed by atoms with Crippen LogP contribution in [0.2, 0.25) is 5.02 Å². The largest absolute Gasteiger partial charge is 0.398 e. The first kappa shape index (κ1) is 18.3. The number of anilines is 1. The number of nitrogens with one attached hydrogen (secondary N) is 1. The van der Waals surface area contributed by atoms with Crippen molar-refractivity contribution >= 4 is 27.3 Å². The van der Waals surface area contributed by atoms with Gasteiger partial charge in [0.15, 0.2) is 0 Å². The van der Waals surface area contributed by atoms with Crippen LogP contribution in [-0.4, -0.2) is 14.5 Å². The van der Waals surface area contributed by atoms with Crippen molar-refractivity contribution in [2.24, 2.45) is 0 Å². The number of benzene rings is 1. The van der Waals surface area contributed by atoms with Crippen LogP contribution < -0.4 is 10.5 Å². The fourth-order valence-corrected chi connectivity index (χ4v) is 4.19. The van der Waals surface area contributed by atoms with E-state index in [2.05, 4.69) is 18.6 Å². The average Bonchev–Trinajstić information content (AvgIpc) is 2.40. The molecule has 1 atom stereocenters. The Morgan fingerprint density at radius 2 is 1.90 bits per heavy atom. The highest BCUT2D eigenvalue weighted by Gasteiger charge is 2.22. The predicted octanol–water partition coefficient (Wildman–Crippen LogP) is 3.87. The lowest BCUT2D eigenvalue weighted by atomic mass is 10.1. The lowest BCUT2D eigenvalue weighted by Crippen LogP contribution is -2.35. The quantitative estimate of drug-likeness (QED) is 0.710. The Bertz CT molecular complexity index is 573.